The molecule has 0 aromatic heterocycles. The Kier molecular flexibility index (Phi) is 6.62. The number of amides is 1. The van der Waals surface area contributed by atoms with Gasteiger partial charge in [-0.2, -0.15) is 0 Å². The molecule has 1 aliphatic heterocycles. The summed E-state index contributed by atoms with van der Waals surface area (Å²) in [4.78, 5) is 19.6. The van der Waals surface area contributed by atoms with Gasteiger partial charge in [-0.3, -0.25) is 4.79 Å². The fraction of sp³-hybridized carbons (Fsp3) is 0.846. The maximum absolute atomic E-state index is 11.6. The number of carbonyl (C=O) groups excluding carboxylic acids is 1. The molecule has 19 heavy (non-hydrogen) atoms. The van der Waals surface area contributed by atoms with Gasteiger partial charge in [0.05, 0.1) is 6.61 Å². The molecule has 0 aliphatic carbocycles. The molecule has 1 atom stereocenters. The molecule has 6 nitrogen and oxygen atoms in total. The minimum Gasteiger partial charge on any atom is -0.381 e. The average molecular weight is 270 g/mol. The Morgan fingerprint density at radius 1 is 1.42 bits per heavy atom. The quantitative estimate of drug-likeness (QED) is 0.565. The number of aliphatic imine (C=N–C) groups is 1. The first-order chi connectivity index (χ1) is 9.04. The Bertz CT molecular complexity index is 312. The first-order valence-electron chi connectivity index (χ1n) is 6.82. The number of nitrogens with one attached hydrogen (secondary N) is 1. The lowest BCUT2D eigenvalue weighted by atomic mass is 10.1. The van der Waals surface area contributed by atoms with Crippen molar-refractivity contribution in [3.63, 3.8) is 0 Å². The average Bonchev–Trinajstić information content (AvgIpc) is 2.86. The molecule has 0 spiro atoms. The lowest BCUT2D eigenvalue weighted by Gasteiger charge is -2.24. The Hall–Kier alpha value is -1.30. The van der Waals surface area contributed by atoms with Crippen LogP contribution < -0.4 is 5.32 Å². The molecule has 1 unspecified atom stereocenters. The zero-order valence-electron chi connectivity index (χ0n) is 12.5. The van der Waals surface area contributed by atoms with Crippen LogP contribution in [0.2, 0.25) is 0 Å². The Balaban J connectivity index is 2.53. The van der Waals surface area contributed by atoms with Crippen LogP contribution in [0.4, 0.5) is 0 Å². The summed E-state index contributed by atoms with van der Waals surface area (Å²) in [5, 5.41) is 3.21. The third-order valence-corrected chi connectivity index (χ3v) is 3.12. The summed E-state index contributed by atoms with van der Waals surface area (Å²) in [6.07, 6.45) is 1.10. The van der Waals surface area contributed by atoms with Crippen molar-refractivity contribution >= 4 is 11.9 Å². The number of likely N-dealkylation sites (N-methyl/N-ethyl adjacent to an activating group) is 1. The van der Waals surface area contributed by atoms with Gasteiger partial charge in [-0.15, -0.1) is 0 Å². The maximum atomic E-state index is 11.6. The molecule has 0 aromatic rings. The van der Waals surface area contributed by atoms with Crippen molar-refractivity contribution < 1.29 is 9.53 Å². The summed E-state index contributed by atoms with van der Waals surface area (Å²) < 4.78 is 5.38. The van der Waals surface area contributed by atoms with Gasteiger partial charge < -0.3 is 19.9 Å². The Morgan fingerprint density at radius 2 is 2.16 bits per heavy atom. The molecular formula is C13H26N4O2. The largest absolute Gasteiger partial charge is 0.381 e. The number of ether oxygens (including phenoxy) is 1. The van der Waals surface area contributed by atoms with Crippen molar-refractivity contribution in [2.24, 2.45) is 10.9 Å². The molecule has 1 rings (SSSR count). The smallest absolute Gasteiger partial charge is 0.243 e. The van der Waals surface area contributed by atoms with Gasteiger partial charge in [-0.05, 0) is 13.3 Å². The van der Waals surface area contributed by atoms with Crippen LogP contribution in [0, 0.1) is 5.92 Å². The number of guanidine groups is 1. The maximum Gasteiger partial charge on any atom is 0.243 e. The number of hydrogen-bond donors (Lipinski definition) is 1. The first-order valence-corrected chi connectivity index (χ1v) is 6.82. The van der Waals surface area contributed by atoms with E-state index in [9.17, 15) is 4.79 Å². The molecule has 0 aromatic carbocycles. The van der Waals surface area contributed by atoms with Gasteiger partial charge in [0.1, 0.15) is 6.54 Å². The molecule has 1 heterocycles. The van der Waals surface area contributed by atoms with Gasteiger partial charge in [0.25, 0.3) is 0 Å². The van der Waals surface area contributed by atoms with E-state index in [1.54, 1.807) is 19.0 Å². The molecule has 110 valence electrons. The van der Waals surface area contributed by atoms with Crippen molar-refractivity contribution in [3.05, 3.63) is 0 Å². The van der Waals surface area contributed by atoms with Gasteiger partial charge >= 0.3 is 0 Å². The van der Waals surface area contributed by atoms with E-state index >= 15 is 0 Å². The molecule has 0 radical (unpaired) electrons. The highest BCUT2D eigenvalue weighted by molar-refractivity contribution is 5.84. The first kappa shape index (κ1) is 15.8. The standard InChI is InChI=1S/C13H26N4O2/c1-5-14-13(15-8-12(18)16(2)3)17(4)9-11-6-7-19-10-11/h11H,5-10H2,1-4H3,(H,14,15). The van der Waals surface area contributed by atoms with Crippen molar-refractivity contribution in [3.8, 4) is 0 Å². The second-order valence-electron chi connectivity index (χ2n) is 5.07. The van der Waals surface area contributed by atoms with Crippen LogP contribution in [0.25, 0.3) is 0 Å². The predicted molar refractivity (Wildman–Crippen MR) is 76.2 cm³/mol. The fourth-order valence-electron chi connectivity index (χ4n) is 1.95. The SMILES string of the molecule is CCNC(=NCC(=O)N(C)C)N(C)CC1CCOC1. The second-order valence-corrected chi connectivity index (χ2v) is 5.07. The third-order valence-electron chi connectivity index (χ3n) is 3.12. The van der Waals surface area contributed by atoms with Gasteiger partial charge in [0.15, 0.2) is 5.96 Å². The molecular weight excluding hydrogens is 244 g/mol. The topological polar surface area (TPSA) is 57.2 Å². The molecule has 0 bridgehead atoms. The van der Waals surface area contributed by atoms with Gasteiger partial charge in [0, 0.05) is 46.8 Å². The van der Waals surface area contributed by atoms with Crippen LogP contribution >= 0.6 is 0 Å². The van der Waals surface area contributed by atoms with Crippen LogP contribution in [0.5, 0.6) is 0 Å². The molecule has 0 saturated carbocycles. The zero-order valence-corrected chi connectivity index (χ0v) is 12.5. The summed E-state index contributed by atoms with van der Waals surface area (Å²) in [6.45, 7) is 5.57. The highest BCUT2D eigenvalue weighted by atomic mass is 16.5. The summed E-state index contributed by atoms with van der Waals surface area (Å²) >= 11 is 0. The highest BCUT2D eigenvalue weighted by Crippen LogP contribution is 2.13. The normalized spacial score (nSPS) is 19.4. The lowest BCUT2D eigenvalue weighted by Crippen LogP contribution is -2.42. The van der Waals surface area contributed by atoms with Crippen molar-refractivity contribution in [2.75, 3.05) is 54.0 Å². The van der Waals surface area contributed by atoms with E-state index in [-0.39, 0.29) is 12.5 Å². The van der Waals surface area contributed by atoms with Crippen molar-refractivity contribution in [1.82, 2.24) is 15.1 Å². The molecule has 1 N–H and O–H groups in total. The monoisotopic (exact) mass is 270 g/mol. The van der Waals surface area contributed by atoms with E-state index in [2.05, 4.69) is 15.2 Å². The van der Waals surface area contributed by atoms with Crippen LogP contribution in [0.1, 0.15) is 13.3 Å². The summed E-state index contributed by atoms with van der Waals surface area (Å²) in [5.74, 6) is 1.34. The summed E-state index contributed by atoms with van der Waals surface area (Å²) in [7, 11) is 5.48. The van der Waals surface area contributed by atoms with E-state index in [0.717, 1.165) is 38.7 Å². The number of carbonyl (C=O) groups is 1. The van der Waals surface area contributed by atoms with Crippen molar-refractivity contribution in [2.45, 2.75) is 13.3 Å². The minimum absolute atomic E-state index is 0.00741. The second kappa shape index (κ2) is 7.99. The van der Waals surface area contributed by atoms with E-state index < -0.39 is 0 Å². The van der Waals surface area contributed by atoms with Crippen LogP contribution in [0.3, 0.4) is 0 Å². The molecule has 6 heteroatoms. The van der Waals surface area contributed by atoms with Crippen LogP contribution in [0.15, 0.2) is 4.99 Å². The van der Waals surface area contributed by atoms with Gasteiger partial charge in [-0.25, -0.2) is 4.99 Å². The van der Waals surface area contributed by atoms with E-state index in [1.165, 1.54) is 0 Å². The number of rotatable bonds is 5. The molecule has 1 aliphatic rings. The summed E-state index contributed by atoms with van der Waals surface area (Å²) in [6, 6.07) is 0. The highest BCUT2D eigenvalue weighted by Gasteiger charge is 2.19. The van der Waals surface area contributed by atoms with E-state index in [0.29, 0.717) is 5.92 Å². The van der Waals surface area contributed by atoms with Crippen LogP contribution in [-0.2, 0) is 9.53 Å². The zero-order chi connectivity index (χ0) is 14.3. The van der Waals surface area contributed by atoms with Gasteiger partial charge in [0.2, 0.25) is 5.91 Å². The fourth-order valence-corrected chi connectivity index (χ4v) is 1.95. The van der Waals surface area contributed by atoms with Crippen molar-refractivity contribution in [1.29, 1.82) is 0 Å². The lowest BCUT2D eigenvalue weighted by molar-refractivity contribution is -0.127. The Labute approximate surface area is 115 Å². The summed E-state index contributed by atoms with van der Waals surface area (Å²) in [5.41, 5.74) is 0. The Morgan fingerprint density at radius 3 is 2.68 bits per heavy atom. The third kappa shape index (κ3) is 5.46. The van der Waals surface area contributed by atoms with Gasteiger partial charge in [-0.1, -0.05) is 0 Å². The van der Waals surface area contributed by atoms with E-state index in [4.69, 9.17) is 4.74 Å². The minimum atomic E-state index is 0.00741. The molecule has 1 fully saturated rings. The van der Waals surface area contributed by atoms with Crippen LogP contribution in [-0.4, -0.2) is 75.7 Å². The molecule has 1 saturated heterocycles. The number of nitrogens with zero attached hydrogens (tertiary/aromatic N) is 3. The van der Waals surface area contributed by atoms with E-state index in [1.807, 2.05) is 14.0 Å². The predicted octanol–water partition coefficient (Wildman–Crippen LogP) is 0.00840. The molecule has 1 amide bonds. The number of hydrogen-bond acceptors (Lipinski definition) is 3.